The summed E-state index contributed by atoms with van der Waals surface area (Å²) in [5.74, 6) is -1.46. The quantitative estimate of drug-likeness (QED) is 0.271. The molecule has 2 atom stereocenters. The van der Waals surface area contributed by atoms with E-state index >= 15 is 0 Å². The number of phenolic OH excluding ortho intramolecular Hbond substituents is 2. The number of aromatic hydroxyl groups is 2. The van der Waals surface area contributed by atoms with Crippen molar-refractivity contribution in [2.24, 2.45) is 0 Å². The van der Waals surface area contributed by atoms with Gasteiger partial charge in [0.15, 0.2) is 11.6 Å². The third-order valence-electron chi connectivity index (χ3n) is 7.48. The SMILES string of the molecule is COc1cc(OC)c2c(O)c3c(c(-c4c(OC)cc5cc6c(c(O)c5c4OC)C(=O)CC(O)O6)c2c1)OC(O)CC3=O. The van der Waals surface area contributed by atoms with Crippen molar-refractivity contribution in [2.75, 3.05) is 28.4 Å². The van der Waals surface area contributed by atoms with Crippen LogP contribution in [0, 0.1) is 0 Å². The highest BCUT2D eigenvalue weighted by Crippen LogP contribution is 2.58. The minimum absolute atomic E-state index is 0.0143. The number of benzene rings is 4. The third kappa shape index (κ3) is 3.83. The predicted octanol–water partition coefficient (Wildman–Crippen LogP) is 3.67. The molecule has 6 rings (SSSR count). The molecule has 12 nitrogen and oxygen atoms in total. The zero-order valence-electron chi connectivity index (χ0n) is 22.9. The van der Waals surface area contributed by atoms with Crippen LogP contribution in [0.4, 0.5) is 0 Å². The number of aliphatic hydroxyl groups is 2. The number of methoxy groups -OCH3 is 4. The minimum Gasteiger partial charge on any atom is -0.506 e. The molecular weight excluding hydrogens is 552 g/mol. The first-order valence-corrected chi connectivity index (χ1v) is 12.8. The van der Waals surface area contributed by atoms with Crippen LogP contribution in [-0.2, 0) is 0 Å². The molecule has 12 heteroatoms. The number of ether oxygens (including phenoxy) is 6. The maximum Gasteiger partial charge on any atom is 0.204 e. The number of carbonyl (C=O) groups is 2. The number of fused-ring (bicyclic) bond motifs is 4. The lowest BCUT2D eigenvalue weighted by Crippen LogP contribution is -2.27. The second kappa shape index (κ2) is 9.86. The summed E-state index contributed by atoms with van der Waals surface area (Å²) < 4.78 is 33.9. The van der Waals surface area contributed by atoms with Gasteiger partial charge in [-0.3, -0.25) is 9.59 Å². The second-order valence-corrected chi connectivity index (χ2v) is 9.76. The Morgan fingerprint density at radius 3 is 1.98 bits per heavy atom. The van der Waals surface area contributed by atoms with Gasteiger partial charge in [0, 0.05) is 17.0 Å². The van der Waals surface area contributed by atoms with Gasteiger partial charge in [0.2, 0.25) is 12.6 Å². The van der Waals surface area contributed by atoms with Crippen molar-refractivity contribution in [1.29, 1.82) is 0 Å². The van der Waals surface area contributed by atoms with Crippen LogP contribution < -0.4 is 28.4 Å². The molecular formula is C30H26O12. The van der Waals surface area contributed by atoms with Gasteiger partial charge in [-0.15, -0.1) is 0 Å². The first-order chi connectivity index (χ1) is 20.1. The number of carbonyl (C=O) groups excluding carboxylic acids is 2. The molecule has 0 aliphatic carbocycles. The van der Waals surface area contributed by atoms with Crippen LogP contribution in [0.15, 0.2) is 24.3 Å². The molecule has 2 aliphatic heterocycles. The van der Waals surface area contributed by atoms with Crippen LogP contribution in [0.1, 0.15) is 33.6 Å². The number of phenols is 2. The molecule has 4 aromatic carbocycles. The van der Waals surface area contributed by atoms with E-state index in [1.54, 1.807) is 12.1 Å². The van der Waals surface area contributed by atoms with Crippen molar-refractivity contribution < 1.29 is 58.4 Å². The van der Waals surface area contributed by atoms with E-state index in [1.807, 2.05) is 0 Å². The molecule has 2 aliphatic rings. The van der Waals surface area contributed by atoms with E-state index in [0.717, 1.165) is 0 Å². The van der Waals surface area contributed by atoms with Gasteiger partial charge in [-0.2, -0.15) is 0 Å². The van der Waals surface area contributed by atoms with Gasteiger partial charge in [0.25, 0.3) is 0 Å². The molecule has 2 heterocycles. The van der Waals surface area contributed by atoms with Gasteiger partial charge in [0.05, 0.1) is 57.6 Å². The van der Waals surface area contributed by atoms with Crippen molar-refractivity contribution in [2.45, 2.75) is 25.4 Å². The van der Waals surface area contributed by atoms with Crippen molar-refractivity contribution in [3.63, 3.8) is 0 Å². The fraction of sp³-hybridized carbons (Fsp3) is 0.267. The van der Waals surface area contributed by atoms with Crippen molar-refractivity contribution in [3.8, 4) is 57.1 Å². The topological polar surface area (TPSA) is 170 Å². The fourth-order valence-corrected chi connectivity index (χ4v) is 5.73. The Labute approximate surface area is 238 Å². The smallest absolute Gasteiger partial charge is 0.204 e. The summed E-state index contributed by atoms with van der Waals surface area (Å²) >= 11 is 0. The molecule has 4 aromatic rings. The molecule has 4 N–H and O–H groups in total. The van der Waals surface area contributed by atoms with E-state index in [1.165, 1.54) is 40.6 Å². The summed E-state index contributed by atoms with van der Waals surface area (Å²) in [6.45, 7) is 0. The van der Waals surface area contributed by atoms with Crippen molar-refractivity contribution in [1.82, 2.24) is 0 Å². The number of hydrogen-bond acceptors (Lipinski definition) is 12. The van der Waals surface area contributed by atoms with Crippen LogP contribution in [-0.4, -0.2) is 73.0 Å². The summed E-state index contributed by atoms with van der Waals surface area (Å²) in [5.41, 5.74) is 0.00549. The monoisotopic (exact) mass is 578 g/mol. The highest BCUT2D eigenvalue weighted by molar-refractivity contribution is 6.19. The van der Waals surface area contributed by atoms with Crippen molar-refractivity contribution in [3.05, 3.63) is 35.4 Å². The van der Waals surface area contributed by atoms with Gasteiger partial charge in [0.1, 0.15) is 57.1 Å². The van der Waals surface area contributed by atoms with Gasteiger partial charge in [-0.05, 0) is 23.6 Å². The molecule has 218 valence electrons. The van der Waals surface area contributed by atoms with Gasteiger partial charge in [-0.1, -0.05) is 0 Å². The fourth-order valence-electron chi connectivity index (χ4n) is 5.73. The Morgan fingerprint density at radius 2 is 1.33 bits per heavy atom. The van der Waals surface area contributed by atoms with Gasteiger partial charge >= 0.3 is 0 Å². The van der Waals surface area contributed by atoms with E-state index in [2.05, 4.69) is 0 Å². The Bertz CT molecular complexity index is 1830. The Hall–Kier alpha value is -4.94. The first kappa shape index (κ1) is 27.2. The maximum absolute atomic E-state index is 13.2. The third-order valence-corrected chi connectivity index (χ3v) is 7.48. The summed E-state index contributed by atoms with van der Waals surface area (Å²) in [4.78, 5) is 26.1. The van der Waals surface area contributed by atoms with Crippen LogP contribution in [0.5, 0.6) is 46.0 Å². The second-order valence-electron chi connectivity index (χ2n) is 9.76. The van der Waals surface area contributed by atoms with E-state index in [9.17, 15) is 30.0 Å². The Kier molecular flexibility index (Phi) is 6.39. The summed E-state index contributed by atoms with van der Waals surface area (Å²) in [7, 11) is 5.57. The molecule has 42 heavy (non-hydrogen) atoms. The van der Waals surface area contributed by atoms with Gasteiger partial charge in [-0.25, -0.2) is 0 Å². The number of Topliss-reactive ketones (excluding diaryl/α,β-unsaturated/α-hetero) is 2. The van der Waals surface area contributed by atoms with E-state index in [-0.39, 0.29) is 73.6 Å². The zero-order valence-corrected chi connectivity index (χ0v) is 22.9. The lowest BCUT2D eigenvalue weighted by atomic mass is 9.86. The number of hydrogen-bond donors (Lipinski definition) is 4. The number of ketones is 2. The molecule has 0 spiro atoms. The highest BCUT2D eigenvalue weighted by Gasteiger charge is 2.38. The largest absolute Gasteiger partial charge is 0.506 e. The zero-order chi connectivity index (χ0) is 30.0. The maximum atomic E-state index is 13.2. The molecule has 0 aromatic heterocycles. The first-order valence-electron chi connectivity index (χ1n) is 12.8. The van der Waals surface area contributed by atoms with Gasteiger partial charge < -0.3 is 48.8 Å². The summed E-state index contributed by atoms with van der Waals surface area (Å²) in [5, 5.41) is 44.1. The lowest BCUT2D eigenvalue weighted by molar-refractivity contribution is -0.0255. The molecule has 0 fully saturated rings. The molecule has 0 amide bonds. The molecule has 2 unspecified atom stereocenters. The molecule has 0 saturated heterocycles. The average molecular weight is 579 g/mol. The molecule has 0 radical (unpaired) electrons. The van der Waals surface area contributed by atoms with E-state index in [0.29, 0.717) is 11.1 Å². The number of rotatable bonds is 5. The predicted molar refractivity (Wildman–Crippen MR) is 148 cm³/mol. The Balaban J connectivity index is 1.84. The average Bonchev–Trinajstić information content (AvgIpc) is 2.95. The van der Waals surface area contributed by atoms with Crippen LogP contribution in [0.2, 0.25) is 0 Å². The normalized spacial score (nSPS) is 17.8. The summed E-state index contributed by atoms with van der Waals surface area (Å²) in [6, 6.07) is 6.14. The van der Waals surface area contributed by atoms with E-state index < -0.39 is 42.1 Å². The Morgan fingerprint density at radius 1 is 0.690 bits per heavy atom. The molecule has 0 bridgehead atoms. The lowest BCUT2D eigenvalue weighted by Gasteiger charge is -2.28. The number of aliphatic hydroxyl groups excluding tert-OH is 2. The van der Waals surface area contributed by atoms with Crippen LogP contribution >= 0.6 is 0 Å². The minimum atomic E-state index is -1.52. The summed E-state index contributed by atoms with van der Waals surface area (Å²) in [6.07, 6.45) is -3.66. The molecule has 0 saturated carbocycles. The van der Waals surface area contributed by atoms with E-state index in [4.69, 9.17) is 28.4 Å². The standard InChI is InChI=1S/C30H26O12/c1-37-12-7-13-22(17(8-12)39-3)28(36)25-15(32)10-20(34)42-30(25)23(13)26-16(38-2)5-11-6-18-24(14(31)9-19(33)41-18)27(35)21(11)29(26)40-4/h5-8,19-20,33-36H,9-10H2,1-4H3. The van der Waals surface area contributed by atoms with Crippen molar-refractivity contribution >= 4 is 33.1 Å². The highest BCUT2D eigenvalue weighted by atomic mass is 16.6. The van der Waals surface area contributed by atoms with Crippen LogP contribution in [0.25, 0.3) is 32.7 Å². The van der Waals surface area contributed by atoms with Crippen LogP contribution in [0.3, 0.4) is 0 Å².